The van der Waals surface area contributed by atoms with Gasteiger partial charge in [-0.1, -0.05) is 84.6 Å². The highest BCUT2D eigenvalue weighted by atomic mass is 32.2. The number of carbonyl (C=O) groups is 1. The molecular formula is C28H29N3O2S. The third kappa shape index (κ3) is 5.69. The van der Waals surface area contributed by atoms with Crippen molar-refractivity contribution < 1.29 is 9.53 Å². The topological polar surface area (TPSA) is 56.2 Å². The number of benzene rings is 3. The van der Waals surface area contributed by atoms with E-state index in [0.29, 0.717) is 13.0 Å². The molecule has 1 amide bonds. The van der Waals surface area contributed by atoms with Crippen molar-refractivity contribution in [2.45, 2.75) is 25.0 Å². The molecule has 0 spiro atoms. The molecule has 1 aromatic heterocycles. The van der Waals surface area contributed by atoms with Gasteiger partial charge in [0.1, 0.15) is 5.75 Å². The van der Waals surface area contributed by atoms with Gasteiger partial charge in [0.2, 0.25) is 5.91 Å². The van der Waals surface area contributed by atoms with Crippen molar-refractivity contribution in [3.8, 4) is 28.3 Å². The van der Waals surface area contributed by atoms with Crippen LogP contribution in [0, 0.1) is 0 Å². The minimum absolute atomic E-state index is 0.0135. The zero-order valence-electron chi connectivity index (χ0n) is 19.5. The van der Waals surface area contributed by atoms with E-state index in [1.165, 1.54) is 0 Å². The second kappa shape index (κ2) is 11.6. The van der Waals surface area contributed by atoms with Crippen LogP contribution in [0.4, 0.5) is 0 Å². The molecule has 0 radical (unpaired) electrons. The van der Waals surface area contributed by atoms with Crippen molar-refractivity contribution in [2.24, 2.45) is 0 Å². The first kappa shape index (κ1) is 23.6. The van der Waals surface area contributed by atoms with E-state index in [1.54, 1.807) is 18.9 Å². The van der Waals surface area contributed by atoms with E-state index >= 15 is 0 Å². The van der Waals surface area contributed by atoms with Gasteiger partial charge < -0.3 is 14.6 Å². The lowest BCUT2D eigenvalue weighted by Crippen LogP contribution is -2.27. The molecule has 6 heteroatoms. The third-order valence-corrected chi connectivity index (χ3v) is 6.50. The molecule has 174 valence electrons. The van der Waals surface area contributed by atoms with Crippen LogP contribution in [-0.4, -0.2) is 34.9 Å². The van der Waals surface area contributed by atoms with Gasteiger partial charge in [0.05, 0.1) is 24.9 Å². The molecule has 0 fully saturated rings. The van der Waals surface area contributed by atoms with Gasteiger partial charge in [-0.25, -0.2) is 4.98 Å². The molecule has 3 aromatic carbocycles. The van der Waals surface area contributed by atoms with E-state index in [9.17, 15) is 4.79 Å². The first-order valence-electron chi connectivity index (χ1n) is 11.4. The number of aromatic nitrogens is 2. The average molecular weight is 472 g/mol. The van der Waals surface area contributed by atoms with E-state index in [-0.39, 0.29) is 5.91 Å². The normalized spacial score (nSPS) is 10.8. The largest absolute Gasteiger partial charge is 0.497 e. The molecule has 0 aliphatic rings. The van der Waals surface area contributed by atoms with Gasteiger partial charge in [0.15, 0.2) is 5.16 Å². The first-order chi connectivity index (χ1) is 16.7. The Morgan fingerprint density at radius 1 is 0.941 bits per heavy atom. The van der Waals surface area contributed by atoms with Gasteiger partial charge in [-0.15, -0.1) is 0 Å². The molecule has 5 nitrogen and oxygen atoms in total. The summed E-state index contributed by atoms with van der Waals surface area (Å²) in [5.74, 6) is 1.55. The third-order valence-electron chi connectivity index (χ3n) is 5.52. The molecule has 1 heterocycles. The molecule has 4 rings (SSSR count). The SMILES string of the molecule is CCn1c(SCCNC(=O)Cc2ccc(OC)cc2)nc(-c2ccccc2)c1-c1ccccc1. The first-order valence-corrected chi connectivity index (χ1v) is 12.4. The summed E-state index contributed by atoms with van der Waals surface area (Å²) in [6.45, 7) is 3.54. The zero-order chi connectivity index (χ0) is 23.8. The predicted molar refractivity (Wildman–Crippen MR) is 139 cm³/mol. The predicted octanol–water partition coefficient (Wildman–Crippen LogP) is 5.70. The number of methoxy groups -OCH3 is 1. The number of ether oxygens (including phenoxy) is 1. The highest BCUT2D eigenvalue weighted by Gasteiger charge is 2.19. The van der Waals surface area contributed by atoms with E-state index < -0.39 is 0 Å². The maximum absolute atomic E-state index is 12.4. The van der Waals surface area contributed by atoms with Crippen molar-refractivity contribution in [3.05, 3.63) is 90.5 Å². The molecule has 0 bridgehead atoms. The summed E-state index contributed by atoms with van der Waals surface area (Å²) in [7, 11) is 1.63. The molecule has 4 aromatic rings. The Kier molecular flexibility index (Phi) is 8.04. The lowest BCUT2D eigenvalue weighted by atomic mass is 10.0. The summed E-state index contributed by atoms with van der Waals surface area (Å²) in [6.07, 6.45) is 0.356. The summed E-state index contributed by atoms with van der Waals surface area (Å²) in [5, 5.41) is 3.99. The van der Waals surface area contributed by atoms with Crippen LogP contribution in [0.2, 0.25) is 0 Å². The van der Waals surface area contributed by atoms with Crippen LogP contribution in [0.5, 0.6) is 5.75 Å². The zero-order valence-corrected chi connectivity index (χ0v) is 20.3. The van der Waals surface area contributed by atoms with Gasteiger partial charge in [-0.2, -0.15) is 0 Å². The van der Waals surface area contributed by atoms with Gasteiger partial charge >= 0.3 is 0 Å². The molecule has 0 saturated carbocycles. The van der Waals surface area contributed by atoms with Gasteiger partial charge in [-0.05, 0) is 24.6 Å². The fourth-order valence-electron chi connectivity index (χ4n) is 3.85. The Bertz CT molecular complexity index is 1210. The molecule has 0 aliphatic heterocycles. The maximum Gasteiger partial charge on any atom is 0.224 e. The van der Waals surface area contributed by atoms with Crippen LogP contribution >= 0.6 is 11.8 Å². The van der Waals surface area contributed by atoms with E-state index in [2.05, 4.69) is 53.2 Å². The molecular weight excluding hydrogens is 442 g/mol. The van der Waals surface area contributed by atoms with Gasteiger partial charge in [-0.3, -0.25) is 4.79 Å². The van der Waals surface area contributed by atoms with Crippen LogP contribution < -0.4 is 10.1 Å². The molecule has 34 heavy (non-hydrogen) atoms. The lowest BCUT2D eigenvalue weighted by molar-refractivity contribution is -0.120. The van der Waals surface area contributed by atoms with Crippen LogP contribution in [-0.2, 0) is 17.8 Å². The number of rotatable bonds is 10. The van der Waals surface area contributed by atoms with E-state index in [4.69, 9.17) is 9.72 Å². The fourth-order valence-corrected chi connectivity index (χ4v) is 4.76. The Balaban J connectivity index is 1.44. The Morgan fingerprint density at radius 2 is 1.59 bits per heavy atom. The summed E-state index contributed by atoms with van der Waals surface area (Å²) in [5.41, 5.74) is 5.33. The molecule has 0 unspecified atom stereocenters. The molecule has 0 saturated heterocycles. The number of carbonyl (C=O) groups excluding carboxylic acids is 1. The van der Waals surface area contributed by atoms with Crippen LogP contribution in [0.15, 0.2) is 90.1 Å². The number of imidazole rings is 1. The van der Waals surface area contributed by atoms with Gasteiger partial charge in [0.25, 0.3) is 0 Å². The Hall–Kier alpha value is -3.51. The number of nitrogens with zero attached hydrogens (tertiary/aromatic N) is 2. The molecule has 0 aliphatic carbocycles. The van der Waals surface area contributed by atoms with Crippen LogP contribution in [0.3, 0.4) is 0 Å². The van der Waals surface area contributed by atoms with Crippen molar-refractivity contribution in [2.75, 3.05) is 19.4 Å². The summed E-state index contributed by atoms with van der Waals surface area (Å²) < 4.78 is 7.44. The Labute approximate surface area is 205 Å². The summed E-state index contributed by atoms with van der Waals surface area (Å²) >= 11 is 1.67. The van der Waals surface area contributed by atoms with Crippen LogP contribution in [0.25, 0.3) is 22.5 Å². The number of amides is 1. The Morgan fingerprint density at radius 3 is 2.21 bits per heavy atom. The lowest BCUT2D eigenvalue weighted by Gasteiger charge is -2.11. The van der Waals surface area contributed by atoms with Gasteiger partial charge in [0, 0.05) is 30.0 Å². The van der Waals surface area contributed by atoms with Crippen molar-refractivity contribution >= 4 is 17.7 Å². The van der Waals surface area contributed by atoms with E-state index in [0.717, 1.165) is 51.3 Å². The monoisotopic (exact) mass is 471 g/mol. The number of thioether (sulfide) groups is 1. The molecule has 1 N–H and O–H groups in total. The summed E-state index contributed by atoms with van der Waals surface area (Å²) in [6, 6.07) is 28.3. The second-order valence-corrected chi connectivity index (χ2v) is 8.85. The van der Waals surface area contributed by atoms with Crippen molar-refractivity contribution in [3.63, 3.8) is 0 Å². The van der Waals surface area contributed by atoms with E-state index in [1.807, 2.05) is 48.5 Å². The fraction of sp³-hybridized carbons (Fsp3) is 0.214. The second-order valence-electron chi connectivity index (χ2n) is 7.79. The average Bonchev–Trinajstić information content (AvgIpc) is 3.26. The maximum atomic E-state index is 12.4. The quantitative estimate of drug-likeness (QED) is 0.238. The number of hydrogen-bond donors (Lipinski definition) is 1. The highest BCUT2D eigenvalue weighted by molar-refractivity contribution is 7.99. The van der Waals surface area contributed by atoms with Crippen molar-refractivity contribution in [1.82, 2.24) is 14.9 Å². The van der Waals surface area contributed by atoms with Crippen LogP contribution in [0.1, 0.15) is 12.5 Å². The smallest absolute Gasteiger partial charge is 0.224 e. The minimum Gasteiger partial charge on any atom is -0.497 e. The number of hydrogen-bond acceptors (Lipinski definition) is 4. The number of nitrogens with one attached hydrogen (secondary N) is 1. The van der Waals surface area contributed by atoms with Crippen molar-refractivity contribution in [1.29, 1.82) is 0 Å². The highest BCUT2D eigenvalue weighted by Crippen LogP contribution is 2.35. The minimum atomic E-state index is 0.0135. The summed E-state index contributed by atoms with van der Waals surface area (Å²) in [4.78, 5) is 17.4. The standard InChI is InChI=1S/C28H29N3O2S/c1-3-31-27(23-12-8-5-9-13-23)26(22-10-6-4-7-11-22)30-28(31)34-19-18-29-25(32)20-21-14-16-24(33-2)17-15-21/h4-17H,3,18-20H2,1-2H3,(H,29,32). The molecule has 0 atom stereocenters.